The van der Waals surface area contributed by atoms with Crippen LogP contribution in [-0.2, 0) is 11.3 Å². The van der Waals surface area contributed by atoms with Crippen LogP contribution in [0.2, 0.25) is 0 Å². The van der Waals surface area contributed by atoms with Crippen molar-refractivity contribution in [3.8, 4) is 11.6 Å². The van der Waals surface area contributed by atoms with Gasteiger partial charge in [-0.25, -0.2) is 14.6 Å². The van der Waals surface area contributed by atoms with Crippen LogP contribution in [0.4, 0.5) is 0 Å². The molecule has 1 amide bonds. The molecule has 1 aromatic carbocycles. The lowest BCUT2D eigenvalue weighted by Crippen LogP contribution is -2.25. The molecule has 0 unspecified atom stereocenters. The third-order valence-electron chi connectivity index (χ3n) is 4.62. The molecule has 132 valence electrons. The molecule has 2 aromatic heterocycles. The number of carbonyl (C=O) groups is 1. The molecule has 0 aliphatic heterocycles. The van der Waals surface area contributed by atoms with Crippen molar-refractivity contribution in [2.75, 3.05) is 7.11 Å². The van der Waals surface area contributed by atoms with Gasteiger partial charge in [-0.15, -0.1) is 0 Å². The van der Waals surface area contributed by atoms with Gasteiger partial charge >= 0.3 is 0 Å². The smallest absolute Gasteiger partial charge is 0.224 e. The van der Waals surface area contributed by atoms with Gasteiger partial charge in [-0.05, 0) is 30.0 Å². The van der Waals surface area contributed by atoms with Crippen LogP contribution in [0.3, 0.4) is 0 Å². The summed E-state index contributed by atoms with van der Waals surface area (Å²) in [6, 6.07) is 11.6. The first kappa shape index (κ1) is 16.3. The highest BCUT2D eigenvalue weighted by molar-refractivity contribution is 5.83. The number of ether oxygens (including phenoxy) is 1. The van der Waals surface area contributed by atoms with Crippen LogP contribution < -0.4 is 10.1 Å². The minimum atomic E-state index is -0.0159. The molecule has 1 aliphatic rings. The van der Waals surface area contributed by atoms with Crippen molar-refractivity contribution >= 4 is 5.91 Å². The molecule has 1 aliphatic carbocycles. The molecule has 3 aromatic rings. The first-order valence-electron chi connectivity index (χ1n) is 8.47. The minimum Gasteiger partial charge on any atom is -0.496 e. The number of amides is 1. The predicted molar refractivity (Wildman–Crippen MR) is 94.8 cm³/mol. The minimum absolute atomic E-state index is 0.0159. The predicted octanol–water partition coefficient (Wildman–Crippen LogP) is 2.09. The average molecular weight is 349 g/mol. The summed E-state index contributed by atoms with van der Waals surface area (Å²) in [6.07, 6.45) is 5.58. The number of benzene rings is 1. The zero-order valence-electron chi connectivity index (χ0n) is 14.4. The fourth-order valence-electron chi connectivity index (χ4n) is 3.21. The number of nitrogens with one attached hydrogen (secondary N) is 1. The zero-order chi connectivity index (χ0) is 17.9. The van der Waals surface area contributed by atoms with Crippen molar-refractivity contribution in [1.29, 1.82) is 0 Å². The summed E-state index contributed by atoms with van der Waals surface area (Å²) in [4.78, 5) is 20.8. The highest BCUT2D eigenvalue weighted by atomic mass is 16.5. The van der Waals surface area contributed by atoms with E-state index in [0.29, 0.717) is 12.4 Å². The molecule has 7 nitrogen and oxygen atoms in total. The molecule has 2 atom stereocenters. The first-order chi connectivity index (χ1) is 12.8. The van der Waals surface area contributed by atoms with Crippen LogP contribution >= 0.6 is 0 Å². The Hall–Kier alpha value is -3.22. The van der Waals surface area contributed by atoms with E-state index < -0.39 is 0 Å². The fourth-order valence-corrected chi connectivity index (χ4v) is 3.21. The Balaban J connectivity index is 1.42. The van der Waals surface area contributed by atoms with Crippen LogP contribution in [0.25, 0.3) is 5.82 Å². The van der Waals surface area contributed by atoms with E-state index in [4.69, 9.17) is 4.74 Å². The summed E-state index contributed by atoms with van der Waals surface area (Å²) < 4.78 is 7.00. The topological polar surface area (TPSA) is 81.9 Å². The van der Waals surface area contributed by atoms with Crippen LogP contribution in [0.15, 0.2) is 55.2 Å². The van der Waals surface area contributed by atoms with Crippen LogP contribution in [-0.4, -0.2) is 32.8 Å². The van der Waals surface area contributed by atoms with Gasteiger partial charge in [0.05, 0.1) is 7.11 Å². The average Bonchev–Trinajstić information content (AvgIpc) is 3.30. The summed E-state index contributed by atoms with van der Waals surface area (Å²) in [7, 11) is 1.66. The SMILES string of the molecule is COc1ccccc1[C@H]1C[C@@H]1C(=O)NCc1cccnc1-n1cncn1. The number of nitrogens with zero attached hydrogens (tertiary/aromatic N) is 4. The van der Waals surface area contributed by atoms with Gasteiger partial charge in [0.15, 0.2) is 5.82 Å². The Morgan fingerprint density at radius 3 is 3.00 bits per heavy atom. The van der Waals surface area contributed by atoms with Gasteiger partial charge in [-0.1, -0.05) is 24.3 Å². The van der Waals surface area contributed by atoms with Gasteiger partial charge in [-0.2, -0.15) is 5.10 Å². The largest absolute Gasteiger partial charge is 0.496 e. The summed E-state index contributed by atoms with van der Waals surface area (Å²) in [5.41, 5.74) is 1.99. The normalized spacial score (nSPS) is 18.3. The van der Waals surface area contributed by atoms with Crippen molar-refractivity contribution < 1.29 is 9.53 Å². The van der Waals surface area contributed by atoms with Crippen LogP contribution in [0, 0.1) is 5.92 Å². The van der Waals surface area contributed by atoms with E-state index in [-0.39, 0.29) is 17.7 Å². The fraction of sp³-hybridized carbons (Fsp3) is 0.263. The van der Waals surface area contributed by atoms with Gasteiger partial charge in [-0.3, -0.25) is 4.79 Å². The summed E-state index contributed by atoms with van der Waals surface area (Å²) in [5.74, 6) is 1.76. The number of hydrogen-bond donors (Lipinski definition) is 1. The number of methoxy groups -OCH3 is 1. The molecule has 0 spiro atoms. The second-order valence-corrected chi connectivity index (χ2v) is 6.23. The molecular weight excluding hydrogens is 330 g/mol. The summed E-state index contributed by atoms with van der Waals surface area (Å²) >= 11 is 0. The lowest BCUT2D eigenvalue weighted by molar-refractivity contribution is -0.122. The lowest BCUT2D eigenvalue weighted by atomic mass is 10.1. The van der Waals surface area contributed by atoms with Crippen molar-refractivity contribution in [3.05, 3.63) is 66.4 Å². The molecule has 7 heteroatoms. The van der Waals surface area contributed by atoms with Gasteiger partial charge in [0.25, 0.3) is 0 Å². The zero-order valence-corrected chi connectivity index (χ0v) is 14.4. The van der Waals surface area contributed by atoms with Gasteiger partial charge < -0.3 is 10.1 Å². The number of rotatable bonds is 6. The van der Waals surface area contributed by atoms with Gasteiger partial charge in [0.1, 0.15) is 18.4 Å². The Morgan fingerprint density at radius 2 is 2.19 bits per heavy atom. The van der Waals surface area contributed by atoms with E-state index in [1.54, 1.807) is 24.3 Å². The lowest BCUT2D eigenvalue weighted by Gasteiger charge is -2.10. The van der Waals surface area contributed by atoms with E-state index in [9.17, 15) is 4.79 Å². The van der Waals surface area contributed by atoms with E-state index in [1.807, 2.05) is 36.4 Å². The Labute approximate surface area is 151 Å². The molecule has 1 saturated carbocycles. The first-order valence-corrected chi connectivity index (χ1v) is 8.47. The molecule has 0 saturated heterocycles. The summed E-state index contributed by atoms with van der Waals surface area (Å²) in [5, 5.41) is 7.13. The Bertz CT molecular complexity index is 910. The molecule has 0 bridgehead atoms. The molecule has 1 fully saturated rings. The van der Waals surface area contributed by atoms with Crippen molar-refractivity contribution in [3.63, 3.8) is 0 Å². The number of aromatic nitrogens is 4. The molecular formula is C19H19N5O2. The highest BCUT2D eigenvalue weighted by Crippen LogP contribution is 2.50. The maximum Gasteiger partial charge on any atom is 0.224 e. The highest BCUT2D eigenvalue weighted by Gasteiger charge is 2.45. The quantitative estimate of drug-likeness (QED) is 0.737. The summed E-state index contributed by atoms with van der Waals surface area (Å²) in [6.45, 7) is 0.400. The maximum atomic E-state index is 12.6. The van der Waals surface area contributed by atoms with E-state index in [0.717, 1.165) is 23.3 Å². The van der Waals surface area contributed by atoms with E-state index in [1.165, 1.54) is 6.33 Å². The number of pyridine rings is 1. The second kappa shape index (κ2) is 6.95. The van der Waals surface area contributed by atoms with Crippen molar-refractivity contribution in [2.24, 2.45) is 5.92 Å². The molecule has 26 heavy (non-hydrogen) atoms. The maximum absolute atomic E-state index is 12.6. The number of para-hydroxylation sites is 1. The Morgan fingerprint density at radius 1 is 1.31 bits per heavy atom. The van der Waals surface area contributed by atoms with Crippen LogP contribution in [0.1, 0.15) is 23.5 Å². The van der Waals surface area contributed by atoms with E-state index in [2.05, 4.69) is 20.4 Å². The van der Waals surface area contributed by atoms with Crippen molar-refractivity contribution in [1.82, 2.24) is 25.1 Å². The van der Waals surface area contributed by atoms with Gasteiger partial charge in [0.2, 0.25) is 5.91 Å². The molecule has 0 radical (unpaired) electrons. The Kier molecular flexibility index (Phi) is 4.35. The van der Waals surface area contributed by atoms with Crippen LogP contribution in [0.5, 0.6) is 5.75 Å². The van der Waals surface area contributed by atoms with Gasteiger partial charge in [0, 0.05) is 24.2 Å². The third kappa shape index (κ3) is 3.15. The van der Waals surface area contributed by atoms with Crippen molar-refractivity contribution in [2.45, 2.75) is 18.9 Å². The number of hydrogen-bond acceptors (Lipinski definition) is 5. The van der Waals surface area contributed by atoms with E-state index >= 15 is 0 Å². The third-order valence-corrected chi connectivity index (χ3v) is 4.62. The standard InChI is InChI=1S/C19H19N5O2/c1-26-17-7-3-2-6-14(17)15-9-16(15)19(25)22-10-13-5-4-8-21-18(13)24-12-20-11-23-24/h2-8,11-12,15-16H,9-10H2,1H3,(H,22,25)/t15-,16+/m1/s1. The molecule has 1 N–H and O–H groups in total. The molecule has 2 heterocycles. The second-order valence-electron chi connectivity index (χ2n) is 6.23. The number of carbonyl (C=O) groups excluding carboxylic acids is 1. The monoisotopic (exact) mass is 349 g/mol. The molecule has 4 rings (SSSR count).